The fraction of sp³-hybridized carbons (Fsp3) is 0.353. The number of aryl methyl sites for hydroxylation is 2. The van der Waals surface area contributed by atoms with Crippen molar-refractivity contribution in [2.24, 2.45) is 0 Å². The lowest BCUT2D eigenvalue weighted by atomic mass is 10.1. The number of halogens is 1. The van der Waals surface area contributed by atoms with E-state index in [1.54, 1.807) is 23.5 Å². The van der Waals surface area contributed by atoms with E-state index in [0.717, 1.165) is 15.3 Å². The van der Waals surface area contributed by atoms with Crippen molar-refractivity contribution in [3.8, 4) is 0 Å². The summed E-state index contributed by atoms with van der Waals surface area (Å²) in [4.78, 5) is 16.4. The van der Waals surface area contributed by atoms with E-state index in [0.29, 0.717) is 5.56 Å². The molecule has 2 nitrogen and oxygen atoms in total. The van der Waals surface area contributed by atoms with Crippen molar-refractivity contribution in [2.45, 2.75) is 26.8 Å². The number of nitrogens with zero attached hydrogens (tertiary/aromatic N) is 1. The second kappa shape index (κ2) is 6.50. The van der Waals surface area contributed by atoms with Gasteiger partial charge in [0.15, 0.2) is 5.78 Å². The highest BCUT2D eigenvalue weighted by Crippen LogP contribution is 2.24. The first-order chi connectivity index (χ1) is 9.90. The van der Waals surface area contributed by atoms with Gasteiger partial charge in [-0.15, -0.1) is 11.3 Å². The van der Waals surface area contributed by atoms with Crippen molar-refractivity contribution in [1.29, 1.82) is 0 Å². The summed E-state index contributed by atoms with van der Waals surface area (Å²) in [6.45, 7) is 6.16. The molecule has 21 heavy (non-hydrogen) atoms. The Morgan fingerprint density at radius 3 is 2.57 bits per heavy atom. The minimum Gasteiger partial charge on any atom is -0.293 e. The number of ketones is 1. The van der Waals surface area contributed by atoms with Gasteiger partial charge in [-0.1, -0.05) is 18.2 Å². The molecular formula is C17H20FNOS. The van der Waals surface area contributed by atoms with Gasteiger partial charge in [0.25, 0.3) is 0 Å². The molecule has 0 fully saturated rings. The Kier molecular flexibility index (Phi) is 4.91. The van der Waals surface area contributed by atoms with Gasteiger partial charge in [0, 0.05) is 26.9 Å². The van der Waals surface area contributed by atoms with Crippen molar-refractivity contribution in [3.63, 3.8) is 0 Å². The Morgan fingerprint density at radius 2 is 2.00 bits per heavy atom. The average molecular weight is 305 g/mol. The summed E-state index contributed by atoms with van der Waals surface area (Å²) in [6, 6.07) is 8.50. The number of hydrogen-bond acceptors (Lipinski definition) is 3. The number of benzene rings is 1. The predicted molar refractivity (Wildman–Crippen MR) is 85.6 cm³/mol. The Hall–Kier alpha value is -1.52. The van der Waals surface area contributed by atoms with Crippen LogP contribution in [0.1, 0.15) is 38.6 Å². The average Bonchev–Trinajstić information content (AvgIpc) is 2.77. The summed E-state index contributed by atoms with van der Waals surface area (Å²) in [5.41, 5.74) is 1.40. The molecule has 0 amide bonds. The molecule has 0 spiro atoms. The maximum atomic E-state index is 13.8. The molecule has 0 aliphatic heterocycles. The zero-order chi connectivity index (χ0) is 15.6. The highest BCUT2D eigenvalue weighted by Gasteiger charge is 2.20. The van der Waals surface area contributed by atoms with Gasteiger partial charge in [-0.25, -0.2) is 4.39 Å². The van der Waals surface area contributed by atoms with Crippen LogP contribution >= 0.6 is 11.3 Å². The van der Waals surface area contributed by atoms with E-state index in [1.807, 2.05) is 44.9 Å². The minimum absolute atomic E-state index is 0.0857. The first kappa shape index (κ1) is 15.9. The van der Waals surface area contributed by atoms with Gasteiger partial charge < -0.3 is 0 Å². The van der Waals surface area contributed by atoms with Gasteiger partial charge in [-0.2, -0.15) is 0 Å². The quantitative estimate of drug-likeness (QED) is 0.764. The number of rotatable bonds is 5. The van der Waals surface area contributed by atoms with E-state index in [4.69, 9.17) is 0 Å². The molecule has 0 saturated heterocycles. The van der Waals surface area contributed by atoms with E-state index >= 15 is 0 Å². The van der Waals surface area contributed by atoms with Crippen LogP contribution in [-0.4, -0.2) is 24.3 Å². The van der Waals surface area contributed by atoms with Gasteiger partial charge in [-0.05, 0) is 40.0 Å². The highest BCUT2D eigenvalue weighted by atomic mass is 32.1. The first-order valence-corrected chi connectivity index (χ1v) is 7.76. The summed E-state index contributed by atoms with van der Waals surface area (Å²) in [6.07, 6.45) is 0. The van der Waals surface area contributed by atoms with Crippen LogP contribution in [0.3, 0.4) is 0 Å². The van der Waals surface area contributed by atoms with Crippen LogP contribution in [0.5, 0.6) is 0 Å². The molecule has 0 bridgehead atoms. The van der Waals surface area contributed by atoms with Crippen LogP contribution in [0.25, 0.3) is 0 Å². The largest absolute Gasteiger partial charge is 0.293 e. The normalized spacial score (nSPS) is 12.7. The van der Waals surface area contributed by atoms with E-state index in [2.05, 4.69) is 0 Å². The second-order valence-electron chi connectivity index (χ2n) is 5.36. The monoisotopic (exact) mass is 305 g/mol. The van der Waals surface area contributed by atoms with Crippen LogP contribution in [-0.2, 0) is 0 Å². The molecule has 2 aromatic rings. The Bertz CT molecular complexity index is 650. The lowest BCUT2D eigenvalue weighted by molar-refractivity contribution is 0.0923. The van der Waals surface area contributed by atoms with E-state index in [-0.39, 0.29) is 24.2 Å². The molecule has 1 unspecified atom stereocenters. The lowest BCUT2D eigenvalue weighted by Gasteiger charge is -2.24. The van der Waals surface area contributed by atoms with Gasteiger partial charge in [0.1, 0.15) is 5.82 Å². The van der Waals surface area contributed by atoms with E-state index in [9.17, 15) is 9.18 Å². The van der Waals surface area contributed by atoms with E-state index in [1.165, 1.54) is 6.07 Å². The zero-order valence-electron chi connectivity index (χ0n) is 12.8. The maximum Gasteiger partial charge on any atom is 0.177 e. The summed E-state index contributed by atoms with van der Waals surface area (Å²) in [7, 11) is 1.85. The predicted octanol–water partition coefficient (Wildman–Crippen LogP) is 4.38. The fourth-order valence-electron chi connectivity index (χ4n) is 2.41. The van der Waals surface area contributed by atoms with Crippen LogP contribution in [0, 0.1) is 19.7 Å². The van der Waals surface area contributed by atoms with Gasteiger partial charge in [-0.3, -0.25) is 9.69 Å². The number of hydrogen-bond donors (Lipinski definition) is 0. The number of Topliss-reactive ketones (excluding diaryl/α,β-unsaturated/α-hetero) is 1. The molecule has 1 heterocycles. The summed E-state index contributed by atoms with van der Waals surface area (Å²) in [5.74, 6) is -0.144. The summed E-state index contributed by atoms with van der Waals surface area (Å²) >= 11 is 1.63. The Morgan fingerprint density at radius 1 is 1.33 bits per heavy atom. The topological polar surface area (TPSA) is 20.3 Å². The molecule has 0 aliphatic rings. The highest BCUT2D eigenvalue weighted by molar-refractivity contribution is 7.12. The molecule has 0 radical (unpaired) electrons. The molecular weight excluding hydrogens is 285 g/mol. The zero-order valence-corrected chi connectivity index (χ0v) is 13.6. The molecule has 0 aliphatic carbocycles. The summed E-state index contributed by atoms with van der Waals surface area (Å²) in [5, 5.41) is 0. The Labute approximate surface area is 129 Å². The number of likely N-dealkylation sites (N-methyl/N-ethyl adjacent to an activating group) is 1. The smallest absolute Gasteiger partial charge is 0.177 e. The third kappa shape index (κ3) is 3.57. The van der Waals surface area contributed by atoms with Gasteiger partial charge in [0.2, 0.25) is 0 Å². The van der Waals surface area contributed by atoms with Crippen molar-refractivity contribution in [1.82, 2.24) is 4.90 Å². The Balaban J connectivity index is 2.11. The SMILES string of the molecule is Cc1cc(C(=O)CN(C)C(C)c2ccccc2F)c(C)s1. The molecule has 1 aromatic carbocycles. The molecule has 4 heteroatoms. The maximum absolute atomic E-state index is 13.8. The van der Waals surface area contributed by atoms with E-state index < -0.39 is 0 Å². The summed E-state index contributed by atoms with van der Waals surface area (Å²) < 4.78 is 13.8. The second-order valence-corrected chi connectivity index (χ2v) is 6.82. The van der Waals surface area contributed by atoms with Gasteiger partial charge >= 0.3 is 0 Å². The lowest BCUT2D eigenvalue weighted by Crippen LogP contribution is -2.29. The standard InChI is InChI=1S/C17H20FNOS/c1-11-9-15(13(3)21-11)17(20)10-19(4)12(2)14-7-5-6-8-16(14)18/h5-9,12H,10H2,1-4H3. The van der Waals surface area contributed by atoms with Crippen molar-refractivity contribution < 1.29 is 9.18 Å². The molecule has 0 N–H and O–H groups in total. The van der Waals surface area contributed by atoms with Crippen molar-refractivity contribution in [3.05, 3.63) is 57.0 Å². The minimum atomic E-state index is -0.230. The van der Waals surface area contributed by atoms with Crippen LogP contribution in [0.2, 0.25) is 0 Å². The molecule has 112 valence electrons. The number of carbonyl (C=O) groups is 1. The third-order valence-corrected chi connectivity index (χ3v) is 4.72. The molecule has 1 atom stereocenters. The number of thiophene rings is 1. The molecule has 1 aromatic heterocycles. The van der Waals surface area contributed by atoms with Crippen molar-refractivity contribution >= 4 is 17.1 Å². The fourth-order valence-corrected chi connectivity index (χ4v) is 3.35. The molecule has 0 saturated carbocycles. The van der Waals surface area contributed by atoms with Crippen molar-refractivity contribution in [2.75, 3.05) is 13.6 Å². The molecule has 2 rings (SSSR count). The van der Waals surface area contributed by atoms with Crippen LogP contribution < -0.4 is 0 Å². The van der Waals surface area contributed by atoms with Crippen LogP contribution in [0.4, 0.5) is 4.39 Å². The van der Waals surface area contributed by atoms with Crippen LogP contribution in [0.15, 0.2) is 30.3 Å². The third-order valence-electron chi connectivity index (χ3n) is 3.75. The number of carbonyl (C=O) groups excluding carboxylic acids is 1. The first-order valence-electron chi connectivity index (χ1n) is 6.95. The van der Waals surface area contributed by atoms with Gasteiger partial charge in [0.05, 0.1) is 6.54 Å².